The van der Waals surface area contributed by atoms with Gasteiger partial charge in [-0.05, 0) is 40.2 Å². The zero-order chi connectivity index (χ0) is 17.2. The molecule has 1 fully saturated rings. The van der Waals surface area contributed by atoms with Gasteiger partial charge in [0.1, 0.15) is 0 Å². The molecule has 6 heteroatoms. The van der Waals surface area contributed by atoms with Crippen molar-refractivity contribution in [3.63, 3.8) is 0 Å². The maximum Gasteiger partial charge on any atom is 0.274 e. The van der Waals surface area contributed by atoms with Crippen LogP contribution in [0.25, 0.3) is 0 Å². The molecule has 0 aliphatic carbocycles. The number of aryl methyl sites for hydroxylation is 1. The monoisotopic (exact) mass is 322 g/mol. The smallest absolute Gasteiger partial charge is 0.274 e. The fourth-order valence-corrected chi connectivity index (χ4v) is 3.21. The molecule has 130 valence electrons. The number of carbonyl (C=O) groups is 1. The van der Waals surface area contributed by atoms with Crippen LogP contribution in [0.1, 0.15) is 50.3 Å². The number of hydrogen-bond acceptors (Lipinski definition) is 4. The lowest BCUT2D eigenvalue weighted by atomic mass is 10.1. The number of rotatable bonds is 4. The third kappa shape index (κ3) is 3.93. The molecule has 1 saturated heterocycles. The van der Waals surface area contributed by atoms with Gasteiger partial charge in [0.05, 0.1) is 12.1 Å². The molecule has 1 aliphatic rings. The minimum atomic E-state index is -0.128. The normalized spacial score (nSPS) is 18.3. The molecule has 0 radical (unpaired) electrons. The van der Waals surface area contributed by atoms with E-state index in [2.05, 4.69) is 37.7 Å². The van der Waals surface area contributed by atoms with Gasteiger partial charge in [0.15, 0.2) is 5.69 Å². The first-order chi connectivity index (χ1) is 10.8. The highest BCUT2D eigenvalue weighted by Gasteiger charge is 2.28. The fraction of sp³-hybridized carbons (Fsp3) is 0.765. The van der Waals surface area contributed by atoms with Gasteiger partial charge in [0, 0.05) is 37.9 Å². The maximum atomic E-state index is 12.7. The standard InChI is InChI=1S/C17H30N4O2/c1-6-14(12-22)19-7-9-20(10-8-19)16(23)15-11-13(2)21(18-15)17(3,4)5/h11,14,22H,6-10,12H2,1-5H3. The fourth-order valence-electron chi connectivity index (χ4n) is 3.21. The molecule has 1 aliphatic heterocycles. The topological polar surface area (TPSA) is 61.6 Å². The van der Waals surface area contributed by atoms with E-state index in [0.717, 1.165) is 25.2 Å². The molecule has 6 nitrogen and oxygen atoms in total. The van der Waals surface area contributed by atoms with Crippen molar-refractivity contribution < 1.29 is 9.90 Å². The SMILES string of the molecule is CCC(CO)N1CCN(C(=O)c2cc(C)n(C(C)(C)C)n2)CC1. The molecule has 0 spiro atoms. The zero-order valence-corrected chi connectivity index (χ0v) is 15.0. The van der Waals surface area contributed by atoms with Crippen LogP contribution in [0.2, 0.25) is 0 Å². The molecule has 0 bridgehead atoms. The Morgan fingerprint density at radius 3 is 2.35 bits per heavy atom. The highest BCUT2D eigenvalue weighted by Crippen LogP contribution is 2.18. The number of aliphatic hydroxyl groups is 1. The molecule has 1 atom stereocenters. The van der Waals surface area contributed by atoms with E-state index < -0.39 is 0 Å². The van der Waals surface area contributed by atoms with Crippen molar-refractivity contribution in [1.29, 1.82) is 0 Å². The Morgan fingerprint density at radius 2 is 1.91 bits per heavy atom. The quantitative estimate of drug-likeness (QED) is 0.912. The molecule has 2 heterocycles. The third-order valence-corrected chi connectivity index (χ3v) is 4.54. The summed E-state index contributed by atoms with van der Waals surface area (Å²) in [5, 5.41) is 13.9. The number of piperazine rings is 1. The van der Waals surface area contributed by atoms with Crippen molar-refractivity contribution in [1.82, 2.24) is 19.6 Å². The molecular formula is C17H30N4O2. The number of hydrogen-bond donors (Lipinski definition) is 1. The molecule has 0 saturated carbocycles. The maximum absolute atomic E-state index is 12.7. The van der Waals surface area contributed by atoms with E-state index in [0.29, 0.717) is 18.8 Å². The summed E-state index contributed by atoms with van der Waals surface area (Å²) >= 11 is 0. The molecule has 1 amide bonds. The lowest BCUT2D eigenvalue weighted by molar-refractivity contribution is 0.0467. The van der Waals surface area contributed by atoms with Crippen molar-refractivity contribution in [3.8, 4) is 0 Å². The first kappa shape index (κ1) is 17.9. The highest BCUT2D eigenvalue weighted by atomic mass is 16.3. The van der Waals surface area contributed by atoms with Crippen molar-refractivity contribution in [2.24, 2.45) is 0 Å². The van der Waals surface area contributed by atoms with Gasteiger partial charge in [-0.25, -0.2) is 0 Å². The van der Waals surface area contributed by atoms with Crippen LogP contribution in [0, 0.1) is 6.92 Å². The molecular weight excluding hydrogens is 292 g/mol. The van der Waals surface area contributed by atoms with Crippen molar-refractivity contribution in [2.75, 3.05) is 32.8 Å². The second-order valence-corrected chi connectivity index (χ2v) is 7.33. The first-order valence-corrected chi connectivity index (χ1v) is 8.49. The summed E-state index contributed by atoms with van der Waals surface area (Å²) in [6.45, 7) is 13.5. The van der Waals surface area contributed by atoms with Crippen LogP contribution >= 0.6 is 0 Å². The highest BCUT2D eigenvalue weighted by molar-refractivity contribution is 5.92. The van der Waals surface area contributed by atoms with Crippen LogP contribution in [0.3, 0.4) is 0 Å². The van der Waals surface area contributed by atoms with Gasteiger partial charge in [0.25, 0.3) is 5.91 Å². The summed E-state index contributed by atoms with van der Waals surface area (Å²) in [6.07, 6.45) is 0.930. The zero-order valence-electron chi connectivity index (χ0n) is 15.0. The average Bonchev–Trinajstić information content (AvgIpc) is 2.90. The molecule has 1 unspecified atom stereocenters. The second-order valence-electron chi connectivity index (χ2n) is 7.33. The second kappa shape index (κ2) is 7.01. The van der Waals surface area contributed by atoms with Gasteiger partial charge in [0.2, 0.25) is 0 Å². The summed E-state index contributed by atoms with van der Waals surface area (Å²) in [6, 6.07) is 2.08. The average molecular weight is 322 g/mol. The molecule has 1 N–H and O–H groups in total. The van der Waals surface area contributed by atoms with Gasteiger partial charge in [-0.2, -0.15) is 5.10 Å². The van der Waals surface area contributed by atoms with E-state index in [1.165, 1.54) is 0 Å². The van der Waals surface area contributed by atoms with Crippen LogP contribution in [0.5, 0.6) is 0 Å². The lowest BCUT2D eigenvalue weighted by Gasteiger charge is -2.38. The van der Waals surface area contributed by atoms with Gasteiger partial charge in [-0.15, -0.1) is 0 Å². The predicted molar refractivity (Wildman–Crippen MR) is 90.6 cm³/mol. The molecule has 2 rings (SSSR count). The van der Waals surface area contributed by atoms with Crippen molar-refractivity contribution >= 4 is 5.91 Å². The molecule has 0 aromatic carbocycles. The summed E-state index contributed by atoms with van der Waals surface area (Å²) in [4.78, 5) is 16.8. The minimum absolute atomic E-state index is 0.00722. The number of carbonyl (C=O) groups excluding carboxylic acids is 1. The van der Waals surface area contributed by atoms with Crippen LogP contribution in [-0.4, -0.2) is 69.4 Å². The predicted octanol–water partition coefficient (Wildman–Crippen LogP) is 1.48. The van der Waals surface area contributed by atoms with Gasteiger partial charge >= 0.3 is 0 Å². The summed E-state index contributed by atoms with van der Waals surface area (Å²) < 4.78 is 1.91. The van der Waals surface area contributed by atoms with E-state index in [1.807, 2.05) is 22.6 Å². The van der Waals surface area contributed by atoms with Gasteiger partial charge in [-0.3, -0.25) is 14.4 Å². The first-order valence-electron chi connectivity index (χ1n) is 8.49. The van der Waals surface area contributed by atoms with Crippen molar-refractivity contribution in [3.05, 3.63) is 17.5 Å². The third-order valence-electron chi connectivity index (χ3n) is 4.54. The van der Waals surface area contributed by atoms with E-state index in [4.69, 9.17) is 0 Å². The largest absolute Gasteiger partial charge is 0.395 e. The van der Waals surface area contributed by atoms with Crippen molar-refractivity contribution in [2.45, 2.75) is 52.6 Å². The number of amides is 1. The molecule has 1 aromatic rings. The van der Waals surface area contributed by atoms with Crippen LogP contribution in [0.15, 0.2) is 6.07 Å². The van der Waals surface area contributed by atoms with Crippen LogP contribution in [-0.2, 0) is 5.54 Å². The lowest BCUT2D eigenvalue weighted by Crippen LogP contribution is -2.52. The van der Waals surface area contributed by atoms with E-state index in [9.17, 15) is 9.90 Å². The van der Waals surface area contributed by atoms with Gasteiger partial charge in [-0.1, -0.05) is 6.92 Å². The van der Waals surface area contributed by atoms with Crippen LogP contribution < -0.4 is 0 Å². The Labute approximate surface area is 139 Å². The Morgan fingerprint density at radius 1 is 1.30 bits per heavy atom. The summed E-state index contributed by atoms with van der Waals surface area (Å²) in [5.41, 5.74) is 1.41. The Balaban J connectivity index is 2.03. The summed E-state index contributed by atoms with van der Waals surface area (Å²) in [7, 11) is 0. The number of aromatic nitrogens is 2. The van der Waals surface area contributed by atoms with E-state index in [1.54, 1.807) is 0 Å². The number of nitrogens with zero attached hydrogens (tertiary/aromatic N) is 4. The van der Waals surface area contributed by atoms with E-state index in [-0.39, 0.29) is 24.1 Å². The molecule has 1 aromatic heterocycles. The molecule has 23 heavy (non-hydrogen) atoms. The Kier molecular flexibility index (Phi) is 5.47. The Hall–Kier alpha value is -1.40. The van der Waals surface area contributed by atoms with Gasteiger partial charge < -0.3 is 10.0 Å². The van der Waals surface area contributed by atoms with Crippen LogP contribution in [0.4, 0.5) is 0 Å². The number of aliphatic hydroxyl groups excluding tert-OH is 1. The Bertz CT molecular complexity index is 535. The minimum Gasteiger partial charge on any atom is -0.395 e. The van der Waals surface area contributed by atoms with E-state index >= 15 is 0 Å². The summed E-state index contributed by atoms with van der Waals surface area (Å²) in [5.74, 6) is 0.00722.